The topological polar surface area (TPSA) is 48.9 Å². The molecule has 0 unspecified atom stereocenters. The highest BCUT2D eigenvalue weighted by molar-refractivity contribution is 5.79. The van der Waals surface area contributed by atoms with Gasteiger partial charge in [-0.3, -0.25) is 4.90 Å². The van der Waals surface area contributed by atoms with Gasteiger partial charge in [0.25, 0.3) is 0 Å². The summed E-state index contributed by atoms with van der Waals surface area (Å²) in [4.78, 5) is 7.25. The van der Waals surface area contributed by atoms with Crippen molar-refractivity contribution in [2.75, 3.05) is 39.4 Å². The summed E-state index contributed by atoms with van der Waals surface area (Å²) in [5.74, 6) is 0.876. The molecular weight excluding hydrogens is 324 g/mol. The van der Waals surface area contributed by atoms with Gasteiger partial charge in [-0.1, -0.05) is 30.7 Å². The van der Waals surface area contributed by atoms with Gasteiger partial charge in [0, 0.05) is 32.8 Å². The summed E-state index contributed by atoms with van der Waals surface area (Å²) in [6.45, 7) is 11.7. The second-order valence-corrected chi connectivity index (χ2v) is 6.83. The largest absolute Gasteiger partial charge is 0.382 e. The van der Waals surface area contributed by atoms with Crippen molar-refractivity contribution in [1.82, 2.24) is 15.5 Å². The average molecular weight is 361 g/mol. The number of nitrogens with one attached hydrogen (secondary N) is 2. The lowest BCUT2D eigenvalue weighted by Crippen LogP contribution is -2.38. The number of hydrogen-bond donors (Lipinski definition) is 2. The van der Waals surface area contributed by atoms with Gasteiger partial charge in [0.05, 0.1) is 6.54 Å². The molecule has 0 amide bonds. The van der Waals surface area contributed by atoms with Crippen molar-refractivity contribution in [3.63, 3.8) is 0 Å². The number of benzene rings is 1. The van der Waals surface area contributed by atoms with E-state index in [1.165, 1.54) is 43.5 Å². The molecular formula is C21H36N4O. The van der Waals surface area contributed by atoms with Gasteiger partial charge in [0.15, 0.2) is 5.96 Å². The van der Waals surface area contributed by atoms with Crippen LogP contribution in [0.25, 0.3) is 0 Å². The van der Waals surface area contributed by atoms with Crippen LogP contribution in [0.2, 0.25) is 0 Å². The lowest BCUT2D eigenvalue weighted by molar-refractivity contribution is 0.145. The average Bonchev–Trinajstić information content (AvgIpc) is 2.68. The van der Waals surface area contributed by atoms with E-state index in [0.29, 0.717) is 6.54 Å². The molecule has 1 heterocycles. The Morgan fingerprint density at radius 2 is 1.77 bits per heavy atom. The smallest absolute Gasteiger partial charge is 0.191 e. The van der Waals surface area contributed by atoms with E-state index in [1.807, 2.05) is 6.92 Å². The van der Waals surface area contributed by atoms with Gasteiger partial charge in [0.1, 0.15) is 0 Å². The van der Waals surface area contributed by atoms with Crippen LogP contribution in [0, 0.1) is 0 Å². The fraction of sp³-hybridized carbons (Fsp3) is 0.667. The summed E-state index contributed by atoms with van der Waals surface area (Å²) in [5.41, 5.74) is 2.65. The fourth-order valence-corrected chi connectivity index (χ4v) is 3.16. The summed E-state index contributed by atoms with van der Waals surface area (Å²) in [5, 5.41) is 6.67. The molecule has 2 N–H and O–H groups in total. The zero-order valence-corrected chi connectivity index (χ0v) is 16.6. The lowest BCUT2D eigenvalue weighted by Gasteiger charge is -2.26. The molecule has 0 radical (unpaired) electrons. The molecule has 1 fully saturated rings. The van der Waals surface area contributed by atoms with Crippen molar-refractivity contribution in [1.29, 1.82) is 0 Å². The molecule has 5 heteroatoms. The normalized spacial score (nSPS) is 15.8. The number of rotatable bonds is 10. The van der Waals surface area contributed by atoms with Gasteiger partial charge < -0.3 is 15.4 Å². The maximum Gasteiger partial charge on any atom is 0.191 e. The van der Waals surface area contributed by atoms with Gasteiger partial charge in [-0.25, -0.2) is 4.99 Å². The maximum atomic E-state index is 5.37. The van der Waals surface area contributed by atoms with Gasteiger partial charge in [-0.2, -0.15) is 0 Å². The Kier molecular flexibility index (Phi) is 10.1. The van der Waals surface area contributed by atoms with E-state index in [-0.39, 0.29) is 0 Å². The zero-order chi connectivity index (χ0) is 18.5. The summed E-state index contributed by atoms with van der Waals surface area (Å²) < 4.78 is 5.37. The Morgan fingerprint density at radius 3 is 2.46 bits per heavy atom. The molecule has 0 aromatic heterocycles. The van der Waals surface area contributed by atoms with E-state index in [2.05, 4.69) is 46.7 Å². The number of nitrogens with zero attached hydrogens (tertiary/aromatic N) is 2. The summed E-state index contributed by atoms with van der Waals surface area (Å²) in [6, 6.07) is 8.92. The van der Waals surface area contributed by atoms with Crippen molar-refractivity contribution in [3.05, 3.63) is 35.4 Å². The number of aliphatic imine (C=N–C) groups is 1. The summed E-state index contributed by atoms with van der Waals surface area (Å²) in [7, 11) is 0. The molecule has 1 aromatic rings. The Morgan fingerprint density at radius 1 is 1.04 bits per heavy atom. The van der Waals surface area contributed by atoms with E-state index < -0.39 is 0 Å². The van der Waals surface area contributed by atoms with Crippen LogP contribution in [-0.4, -0.2) is 50.3 Å². The van der Waals surface area contributed by atoms with Crippen LogP contribution in [-0.2, 0) is 17.8 Å². The third kappa shape index (κ3) is 8.19. The number of hydrogen-bond acceptors (Lipinski definition) is 3. The monoisotopic (exact) mass is 360 g/mol. The first-order valence-corrected chi connectivity index (χ1v) is 10.2. The Bertz CT molecular complexity index is 509. The standard InChI is InChI=1S/C21H36N4O/c1-3-22-21(23-13-8-16-26-4-2)24-17-19-9-11-20(12-10-19)18-25-14-6-5-7-15-25/h9-12H,3-8,13-18H2,1-2H3,(H2,22,23,24). The van der Waals surface area contributed by atoms with Gasteiger partial charge in [-0.05, 0) is 57.3 Å². The van der Waals surface area contributed by atoms with Crippen molar-refractivity contribution >= 4 is 5.96 Å². The van der Waals surface area contributed by atoms with Crippen molar-refractivity contribution < 1.29 is 4.74 Å². The predicted molar refractivity (Wildman–Crippen MR) is 109 cm³/mol. The number of piperidine rings is 1. The van der Waals surface area contributed by atoms with E-state index >= 15 is 0 Å². The van der Waals surface area contributed by atoms with E-state index in [4.69, 9.17) is 9.73 Å². The molecule has 0 atom stereocenters. The van der Waals surface area contributed by atoms with Gasteiger partial charge in [0.2, 0.25) is 0 Å². The van der Waals surface area contributed by atoms with Crippen LogP contribution >= 0.6 is 0 Å². The van der Waals surface area contributed by atoms with Crippen molar-refractivity contribution in [2.45, 2.75) is 52.6 Å². The van der Waals surface area contributed by atoms with Crippen LogP contribution in [0.15, 0.2) is 29.3 Å². The SMILES string of the molecule is CCNC(=NCc1ccc(CN2CCCCC2)cc1)NCCCOCC. The molecule has 1 aliphatic heterocycles. The molecule has 5 nitrogen and oxygen atoms in total. The molecule has 0 bridgehead atoms. The Hall–Kier alpha value is -1.59. The zero-order valence-electron chi connectivity index (χ0n) is 16.6. The fourth-order valence-electron chi connectivity index (χ4n) is 3.16. The minimum atomic E-state index is 0.699. The highest BCUT2D eigenvalue weighted by Gasteiger charge is 2.10. The lowest BCUT2D eigenvalue weighted by atomic mass is 10.1. The molecule has 0 aliphatic carbocycles. The highest BCUT2D eigenvalue weighted by Crippen LogP contribution is 2.13. The van der Waals surface area contributed by atoms with Crippen molar-refractivity contribution in [2.24, 2.45) is 4.99 Å². The minimum Gasteiger partial charge on any atom is -0.382 e. The first-order chi connectivity index (χ1) is 12.8. The van der Waals surface area contributed by atoms with E-state index in [1.54, 1.807) is 0 Å². The van der Waals surface area contributed by atoms with E-state index in [9.17, 15) is 0 Å². The number of likely N-dealkylation sites (tertiary alicyclic amines) is 1. The van der Waals surface area contributed by atoms with Crippen molar-refractivity contribution in [3.8, 4) is 0 Å². The minimum absolute atomic E-state index is 0.699. The molecule has 0 saturated carbocycles. The Labute approximate surface area is 159 Å². The molecule has 2 rings (SSSR count). The van der Waals surface area contributed by atoms with E-state index in [0.717, 1.165) is 45.2 Å². The molecule has 1 aliphatic rings. The first kappa shape index (κ1) is 20.7. The number of ether oxygens (including phenoxy) is 1. The molecule has 1 saturated heterocycles. The van der Waals surface area contributed by atoms with Crippen LogP contribution in [0.4, 0.5) is 0 Å². The van der Waals surface area contributed by atoms with Crippen LogP contribution in [0.5, 0.6) is 0 Å². The predicted octanol–water partition coefficient (Wildman–Crippen LogP) is 3.15. The van der Waals surface area contributed by atoms with Crippen LogP contribution in [0.1, 0.15) is 50.7 Å². The maximum absolute atomic E-state index is 5.37. The molecule has 146 valence electrons. The summed E-state index contributed by atoms with van der Waals surface area (Å²) in [6.07, 6.45) is 5.07. The second kappa shape index (κ2) is 12.7. The third-order valence-corrected chi connectivity index (χ3v) is 4.60. The first-order valence-electron chi connectivity index (χ1n) is 10.2. The molecule has 1 aromatic carbocycles. The Balaban J connectivity index is 1.78. The van der Waals surface area contributed by atoms with Crippen LogP contribution in [0.3, 0.4) is 0 Å². The van der Waals surface area contributed by atoms with Crippen LogP contribution < -0.4 is 10.6 Å². The summed E-state index contributed by atoms with van der Waals surface area (Å²) >= 11 is 0. The third-order valence-electron chi connectivity index (χ3n) is 4.60. The molecule has 0 spiro atoms. The molecule has 26 heavy (non-hydrogen) atoms. The van der Waals surface area contributed by atoms with Gasteiger partial charge >= 0.3 is 0 Å². The second-order valence-electron chi connectivity index (χ2n) is 6.83. The quantitative estimate of drug-likeness (QED) is 0.382. The number of guanidine groups is 1. The van der Waals surface area contributed by atoms with Gasteiger partial charge in [-0.15, -0.1) is 0 Å². The highest BCUT2D eigenvalue weighted by atomic mass is 16.5.